The maximum absolute atomic E-state index is 12.8. The Morgan fingerprint density at radius 1 is 1.31 bits per heavy atom. The van der Waals surface area contributed by atoms with Crippen molar-refractivity contribution in [3.8, 4) is 0 Å². The number of Topliss-reactive ketones (excluding diaryl/α,β-unsaturated/α-hetero) is 1. The van der Waals surface area contributed by atoms with Crippen molar-refractivity contribution < 1.29 is 24.9 Å². The first-order valence-corrected chi connectivity index (χ1v) is 10.5. The molecule has 0 heterocycles. The summed E-state index contributed by atoms with van der Waals surface area (Å²) in [5, 5.41) is 35.7. The number of aliphatic hydroxyl groups is 3. The lowest BCUT2D eigenvalue weighted by molar-refractivity contribution is -0.185. The molecule has 1 unspecified atom stereocenters. The van der Waals surface area contributed by atoms with Crippen LogP contribution >= 0.6 is 0 Å². The Bertz CT molecular complexity index is 836. The summed E-state index contributed by atoms with van der Waals surface area (Å²) in [6.45, 7) is 3.97. The highest BCUT2D eigenvalue weighted by Crippen LogP contribution is 2.67. The number of azide groups is 1. The van der Waals surface area contributed by atoms with Crippen LogP contribution in [-0.2, 0) is 9.59 Å². The highest BCUT2D eigenvalue weighted by atomic mass is 16.3. The second-order valence-corrected chi connectivity index (χ2v) is 9.92. The summed E-state index contributed by atoms with van der Waals surface area (Å²) in [6, 6.07) is 0. The molecule has 3 N–H and O–H groups in total. The summed E-state index contributed by atoms with van der Waals surface area (Å²) in [7, 11) is 0. The van der Waals surface area contributed by atoms with Crippen LogP contribution in [0.25, 0.3) is 10.4 Å². The lowest BCUT2D eigenvalue weighted by Gasteiger charge is -2.60. The Balaban J connectivity index is 1.71. The minimum atomic E-state index is -1.93. The summed E-state index contributed by atoms with van der Waals surface area (Å²) in [4.78, 5) is 27.2. The lowest BCUT2D eigenvalue weighted by atomic mass is 9.45. The molecule has 0 aliphatic heterocycles. The molecule has 0 aromatic heterocycles. The van der Waals surface area contributed by atoms with Gasteiger partial charge >= 0.3 is 0 Å². The smallest absolute Gasteiger partial charge is 0.199 e. The lowest BCUT2D eigenvalue weighted by Crippen LogP contribution is -2.62. The quantitative estimate of drug-likeness (QED) is 0.376. The van der Waals surface area contributed by atoms with Gasteiger partial charge in [0.15, 0.2) is 17.8 Å². The highest BCUT2D eigenvalue weighted by Gasteiger charge is 2.68. The number of carbonyl (C=O) groups is 2. The molecule has 158 valence electrons. The summed E-state index contributed by atoms with van der Waals surface area (Å²) in [5.41, 5.74) is 6.70. The fourth-order valence-electron chi connectivity index (χ4n) is 7.41. The molecule has 3 fully saturated rings. The van der Waals surface area contributed by atoms with Crippen molar-refractivity contribution in [2.24, 2.45) is 33.7 Å². The first-order chi connectivity index (χ1) is 13.6. The summed E-state index contributed by atoms with van der Waals surface area (Å²) in [5.74, 6) is -0.611. The second kappa shape index (κ2) is 6.64. The van der Waals surface area contributed by atoms with E-state index < -0.39 is 29.1 Å². The van der Waals surface area contributed by atoms with Crippen molar-refractivity contribution in [3.63, 3.8) is 0 Å². The van der Waals surface area contributed by atoms with Crippen molar-refractivity contribution in [1.29, 1.82) is 0 Å². The SMILES string of the molecule is C[C@]12CCC(=O)C=C1CC[C@@H]1[C@@H]2[C@@H](O)C[C@@]2(C)[C@H]1CC[C@]2(O)C(=O)C(O)N=[N+]=[N-]. The molecule has 29 heavy (non-hydrogen) atoms. The van der Waals surface area contributed by atoms with E-state index in [1.807, 2.05) is 6.92 Å². The molecule has 0 bridgehead atoms. The fourth-order valence-corrected chi connectivity index (χ4v) is 7.41. The number of fused-ring (bicyclic) bond motifs is 5. The van der Waals surface area contributed by atoms with Gasteiger partial charge in [0, 0.05) is 16.7 Å². The van der Waals surface area contributed by atoms with Crippen molar-refractivity contribution in [1.82, 2.24) is 0 Å². The van der Waals surface area contributed by atoms with Gasteiger partial charge < -0.3 is 15.3 Å². The predicted octanol–water partition coefficient (Wildman–Crippen LogP) is 2.42. The van der Waals surface area contributed by atoms with Crippen LogP contribution in [0.15, 0.2) is 16.8 Å². The number of rotatable bonds is 3. The first-order valence-electron chi connectivity index (χ1n) is 10.5. The molecule has 0 saturated heterocycles. The minimum Gasteiger partial charge on any atom is -0.393 e. The van der Waals surface area contributed by atoms with Gasteiger partial charge in [0.05, 0.1) is 6.10 Å². The van der Waals surface area contributed by atoms with E-state index in [9.17, 15) is 24.9 Å². The third-order valence-electron chi connectivity index (χ3n) is 8.85. The maximum atomic E-state index is 12.8. The fraction of sp³-hybridized carbons (Fsp3) is 0.810. The van der Waals surface area contributed by atoms with Crippen LogP contribution < -0.4 is 0 Å². The van der Waals surface area contributed by atoms with E-state index in [0.29, 0.717) is 12.8 Å². The van der Waals surface area contributed by atoms with E-state index >= 15 is 0 Å². The summed E-state index contributed by atoms with van der Waals surface area (Å²) in [6.07, 6.45) is 2.94. The van der Waals surface area contributed by atoms with E-state index in [0.717, 1.165) is 24.8 Å². The van der Waals surface area contributed by atoms with Gasteiger partial charge in [-0.1, -0.05) is 24.5 Å². The van der Waals surface area contributed by atoms with Gasteiger partial charge in [0.2, 0.25) is 0 Å². The number of hydrogen-bond acceptors (Lipinski definition) is 6. The monoisotopic (exact) mass is 403 g/mol. The van der Waals surface area contributed by atoms with Crippen LogP contribution in [0.4, 0.5) is 0 Å². The van der Waals surface area contributed by atoms with E-state index in [1.165, 1.54) is 0 Å². The van der Waals surface area contributed by atoms with Crippen LogP contribution in [0, 0.1) is 28.6 Å². The van der Waals surface area contributed by atoms with Crippen molar-refractivity contribution in [2.75, 3.05) is 0 Å². The first kappa shape index (κ1) is 20.5. The molecule has 0 radical (unpaired) electrons. The minimum absolute atomic E-state index is 0.0131. The topological polar surface area (TPSA) is 144 Å². The summed E-state index contributed by atoms with van der Waals surface area (Å²) < 4.78 is 0. The number of nitrogens with zero attached hydrogens (tertiary/aromatic N) is 3. The molecule has 4 aliphatic rings. The van der Waals surface area contributed by atoms with Gasteiger partial charge in [-0.15, -0.1) is 0 Å². The molecule has 4 aliphatic carbocycles. The molecular weight excluding hydrogens is 374 g/mol. The van der Waals surface area contributed by atoms with Crippen LogP contribution in [0.1, 0.15) is 58.8 Å². The number of ketones is 2. The molecule has 0 aromatic rings. The molecule has 8 atom stereocenters. The van der Waals surface area contributed by atoms with Gasteiger partial charge in [-0.3, -0.25) is 9.59 Å². The van der Waals surface area contributed by atoms with Gasteiger partial charge in [-0.25, -0.2) is 0 Å². The zero-order valence-corrected chi connectivity index (χ0v) is 16.9. The molecule has 0 amide bonds. The molecule has 3 saturated carbocycles. The molecule has 0 spiro atoms. The predicted molar refractivity (Wildman–Crippen MR) is 103 cm³/mol. The zero-order valence-electron chi connectivity index (χ0n) is 16.9. The second-order valence-electron chi connectivity index (χ2n) is 9.92. The number of carbonyl (C=O) groups excluding carboxylic acids is 2. The van der Waals surface area contributed by atoms with Gasteiger partial charge in [-0.2, -0.15) is 0 Å². The van der Waals surface area contributed by atoms with E-state index in [4.69, 9.17) is 5.53 Å². The Labute approximate surface area is 169 Å². The normalized spacial score (nSPS) is 47.2. The number of allylic oxidation sites excluding steroid dienone is 1. The van der Waals surface area contributed by atoms with E-state index in [2.05, 4.69) is 16.9 Å². The molecule has 4 rings (SSSR count). The van der Waals surface area contributed by atoms with Gasteiger partial charge in [0.1, 0.15) is 5.60 Å². The Morgan fingerprint density at radius 3 is 2.72 bits per heavy atom. The van der Waals surface area contributed by atoms with Gasteiger partial charge in [-0.05, 0) is 73.3 Å². The number of aliphatic hydroxyl groups excluding tert-OH is 2. The largest absolute Gasteiger partial charge is 0.393 e. The van der Waals surface area contributed by atoms with Crippen molar-refractivity contribution >= 4 is 11.6 Å². The molecular formula is C21H29N3O5. The Morgan fingerprint density at radius 2 is 2.03 bits per heavy atom. The number of hydrogen-bond donors (Lipinski definition) is 3. The third kappa shape index (κ3) is 2.66. The van der Waals surface area contributed by atoms with Crippen LogP contribution in [-0.4, -0.2) is 44.8 Å². The molecule has 8 heteroatoms. The van der Waals surface area contributed by atoms with Gasteiger partial charge in [0.25, 0.3) is 0 Å². The Kier molecular flexibility index (Phi) is 4.70. The maximum Gasteiger partial charge on any atom is 0.199 e. The van der Waals surface area contributed by atoms with Crippen LogP contribution in [0.3, 0.4) is 0 Å². The third-order valence-corrected chi connectivity index (χ3v) is 8.85. The molecule has 0 aromatic carbocycles. The molecule has 8 nitrogen and oxygen atoms in total. The zero-order chi connectivity index (χ0) is 21.2. The van der Waals surface area contributed by atoms with Crippen molar-refractivity contribution in [3.05, 3.63) is 22.1 Å². The van der Waals surface area contributed by atoms with E-state index in [1.54, 1.807) is 6.08 Å². The van der Waals surface area contributed by atoms with E-state index in [-0.39, 0.29) is 41.8 Å². The van der Waals surface area contributed by atoms with Crippen molar-refractivity contribution in [2.45, 2.75) is 76.7 Å². The van der Waals surface area contributed by atoms with Crippen LogP contribution in [0.2, 0.25) is 0 Å². The Hall–Kier alpha value is -1.73. The average Bonchev–Trinajstić information content (AvgIpc) is 2.93. The standard InChI is InChI=1S/C21H29N3O5/c1-19-7-5-12(25)9-11(19)3-4-13-14-6-8-21(29,17(27)18(28)23-24-22)20(14,2)10-15(26)16(13)19/h9,13-16,18,26,28-29H,3-8,10H2,1-2H3/t13-,14-,15-,16+,18?,19-,20-,21-/m0/s1. The highest BCUT2D eigenvalue weighted by molar-refractivity contribution is 5.92. The average molecular weight is 403 g/mol. The van der Waals surface area contributed by atoms with Crippen LogP contribution in [0.5, 0.6) is 0 Å². The summed E-state index contributed by atoms with van der Waals surface area (Å²) >= 11 is 0.